The van der Waals surface area contributed by atoms with E-state index in [1.54, 1.807) is 22.9 Å². The van der Waals surface area contributed by atoms with Crippen molar-refractivity contribution in [1.82, 2.24) is 19.7 Å². The van der Waals surface area contributed by atoms with E-state index in [2.05, 4.69) is 15.3 Å². The minimum atomic E-state index is -0.471. The van der Waals surface area contributed by atoms with Gasteiger partial charge in [-0.3, -0.25) is 0 Å². The van der Waals surface area contributed by atoms with Crippen LogP contribution in [0.3, 0.4) is 0 Å². The van der Waals surface area contributed by atoms with Gasteiger partial charge >= 0.3 is 5.97 Å². The van der Waals surface area contributed by atoms with Crippen molar-refractivity contribution in [2.45, 2.75) is 13.8 Å². The van der Waals surface area contributed by atoms with Gasteiger partial charge in [-0.2, -0.15) is 5.10 Å². The van der Waals surface area contributed by atoms with E-state index >= 15 is 4.39 Å². The Bertz CT molecular complexity index is 1580. The highest BCUT2D eigenvalue weighted by Gasteiger charge is 2.22. The molecule has 5 rings (SSSR count). The molecule has 35 heavy (non-hydrogen) atoms. The molecule has 0 aliphatic heterocycles. The van der Waals surface area contributed by atoms with Crippen molar-refractivity contribution in [1.29, 1.82) is 0 Å². The normalized spacial score (nSPS) is 11.0. The highest BCUT2D eigenvalue weighted by molar-refractivity contribution is 5.97. The van der Waals surface area contributed by atoms with Crippen molar-refractivity contribution in [3.05, 3.63) is 95.8 Å². The Balaban J connectivity index is 1.77. The minimum absolute atomic E-state index is 0.339. The summed E-state index contributed by atoms with van der Waals surface area (Å²) in [4.78, 5) is 20.6. The van der Waals surface area contributed by atoms with Gasteiger partial charge in [-0.15, -0.1) is 0 Å². The third-order valence-electron chi connectivity index (χ3n) is 5.85. The second-order valence-electron chi connectivity index (χ2n) is 8.08. The average molecular weight is 468 g/mol. The van der Waals surface area contributed by atoms with Gasteiger partial charge in [0.05, 0.1) is 40.6 Å². The van der Waals surface area contributed by atoms with Gasteiger partial charge in [0.15, 0.2) is 0 Å². The Hall–Kier alpha value is -4.59. The van der Waals surface area contributed by atoms with Crippen LogP contribution in [0, 0.1) is 19.7 Å². The van der Waals surface area contributed by atoms with E-state index in [0.717, 1.165) is 11.3 Å². The highest BCUT2D eigenvalue weighted by atomic mass is 19.1. The van der Waals surface area contributed by atoms with E-state index in [1.165, 1.54) is 25.7 Å². The minimum Gasteiger partial charge on any atom is -0.465 e. The van der Waals surface area contributed by atoms with Crippen LogP contribution in [0.4, 0.5) is 15.9 Å². The number of anilines is 2. The quantitative estimate of drug-likeness (QED) is 0.331. The number of halogens is 1. The van der Waals surface area contributed by atoms with Crippen LogP contribution in [-0.2, 0) is 4.74 Å². The van der Waals surface area contributed by atoms with Gasteiger partial charge in [0.25, 0.3) is 0 Å². The smallest absolute Gasteiger partial charge is 0.339 e. The van der Waals surface area contributed by atoms with E-state index in [0.29, 0.717) is 44.8 Å². The zero-order valence-corrected chi connectivity index (χ0v) is 19.4. The average Bonchev–Trinajstić information content (AvgIpc) is 3.19. The summed E-state index contributed by atoms with van der Waals surface area (Å²) in [7, 11) is 1.34. The number of fused-ring (bicyclic) bond motifs is 1. The van der Waals surface area contributed by atoms with Gasteiger partial charge in [0.1, 0.15) is 18.0 Å². The van der Waals surface area contributed by atoms with E-state index in [-0.39, 0.29) is 0 Å². The summed E-state index contributed by atoms with van der Waals surface area (Å²) in [5.41, 5.74) is 5.22. The third kappa shape index (κ3) is 3.99. The van der Waals surface area contributed by atoms with Crippen molar-refractivity contribution in [2.75, 3.05) is 12.4 Å². The summed E-state index contributed by atoms with van der Waals surface area (Å²) in [6.45, 7) is 3.86. The number of aromatic nitrogens is 4. The SMILES string of the molecule is COC(=O)c1ccccc1Nc1c(-c2cc(F)c3cncnc3c2)c(C)nn1-c1ccccc1C. The molecule has 0 spiro atoms. The molecule has 0 aliphatic rings. The summed E-state index contributed by atoms with van der Waals surface area (Å²) in [5.74, 6) is -0.315. The van der Waals surface area contributed by atoms with E-state index in [4.69, 9.17) is 9.84 Å². The first-order chi connectivity index (χ1) is 17.0. The molecule has 0 bridgehead atoms. The Labute approximate surface area is 201 Å². The maximum Gasteiger partial charge on any atom is 0.339 e. The first-order valence-electron chi connectivity index (χ1n) is 11.0. The maximum atomic E-state index is 15.0. The lowest BCUT2D eigenvalue weighted by Crippen LogP contribution is -2.09. The number of carbonyl (C=O) groups is 1. The second-order valence-corrected chi connectivity index (χ2v) is 8.08. The predicted octanol–water partition coefficient (Wildman–Crippen LogP) is 5.77. The zero-order chi connectivity index (χ0) is 24.5. The fourth-order valence-electron chi connectivity index (χ4n) is 4.16. The monoisotopic (exact) mass is 467 g/mol. The molecule has 0 unspecified atom stereocenters. The molecular weight excluding hydrogens is 445 g/mol. The van der Waals surface area contributed by atoms with E-state index < -0.39 is 11.8 Å². The number of nitrogens with zero attached hydrogens (tertiary/aromatic N) is 4. The molecule has 0 saturated carbocycles. The molecule has 3 aromatic carbocycles. The van der Waals surface area contributed by atoms with Gasteiger partial charge < -0.3 is 10.1 Å². The molecule has 2 heterocycles. The Kier molecular flexibility index (Phi) is 5.70. The Morgan fingerprint density at radius 1 is 1.06 bits per heavy atom. The van der Waals surface area contributed by atoms with Crippen molar-refractivity contribution in [3.63, 3.8) is 0 Å². The molecule has 0 saturated heterocycles. The molecule has 2 aromatic heterocycles. The molecule has 0 amide bonds. The first kappa shape index (κ1) is 22.2. The molecule has 0 aliphatic carbocycles. The van der Waals surface area contributed by atoms with Crippen molar-refractivity contribution in [3.8, 4) is 16.8 Å². The molecule has 0 fully saturated rings. The van der Waals surface area contributed by atoms with Gasteiger partial charge in [-0.25, -0.2) is 23.8 Å². The number of esters is 1. The van der Waals surface area contributed by atoms with Crippen molar-refractivity contribution < 1.29 is 13.9 Å². The van der Waals surface area contributed by atoms with Gasteiger partial charge in [0.2, 0.25) is 0 Å². The fraction of sp³-hybridized carbons (Fsp3) is 0.111. The number of carbonyl (C=O) groups excluding carboxylic acids is 1. The van der Waals surface area contributed by atoms with E-state index in [9.17, 15) is 4.79 Å². The Morgan fingerprint density at radius 2 is 1.83 bits per heavy atom. The van der Waals surface area contributed by atoms with Crippen LogP contribution < -0.4 is 5.32 Å². The molecule has 0 radical (unpaired) electrons. The third-order valence-corrected chi connectivity index (χ3v) is 5.85. The Morgan fingerprint density at radius 3 is 2.63 bits per heavy atom. The summed E-state index contributed by atoms with van der Waals surface area (Å²) in [6, 6.07) is 18.1. The maximum absolute atomic E-state index is 15.0. The number of aryl methyl sites for hydroxylation is 2. The fourth-order valence-corrected chi connectivity index (χ4v) is 4.16. The number of ether oxygens (including phenoxy) is 1. The molecule has 5 aromatic rings. The second kappa shape index (κ2) is 8.98. The first-order valence-corrected chi connectivity index (χ1v) is 11.0. The van der Waals surface area contributed by atoms with Crippen LogP contribution in [0.2, 0.25) is 0 Å². The number of nitrogens with one attached hydrogen (secondary N) is 1. The van der Waals surface area contributed by atoms with Crippen LogP contribution in [0.1, 0.15) is 21.6 Å². The van der Waals surface area contributed by atoms with Gasteiger partial charge in [-0.05, 0) is 55.3 Å². The summed E-state index contributed by atoms with van der Waals surface area (Å²) in [5, 5.41) is 8.52. The molecule has 0 atom stereocenters. The summed E-state index contributed by atoms with van der Waals surface area (Å²) < 4.78 is 21.8. The number of hydrogen-bond acceptors (Lipinski definition) is 6. The molecule has 7 nitrogen and oxygen atoms in total. The van der Waals surface area contributed by atoms with Crippen LogP contribution >= 0.6 is 0 Å². The topological polar surface area (TPSA) is 81.9 Å². The predicted molar refractivity (Wildman–Crippen MR) is 133 cm³/mol. The zero-order valence-electron chi connectivity index (χ0n) is 19.4. The number of para-hydroxylation sites is 2. The lowest BCUT2D eigenvalue weighted by Gasteiger charge is -2.16. The van der Waals surface area contributed by atoms with Crippen molar-refractivity contribution >= 4 is 28.4 Å². The molecule has 174 valence electrons. The lowest BCUT2D eigenvalue weighted by molar-refractivity contribution is 0.0602. The van der Waals surface area contributed by atoms with Gasteiger partial charge in [0, 0.05) is 11.8 Å². The molecular formula is C27H22FN5O2. The lowest BCUT2D eigenvalue weighted by atomic mass is 10.0. The number of methoxy groups -OCH3 is 1. The van der Waals surface area contributed by atoms with Crippen LogP contribution in [-0.4, -0.2) is 32.8 Å². The van der Waals surface area contributed by atoms with E-state index in [1.807, 2.05) is 50.2 Å². The number of rotatable bonds is 5. The van der Waals surface area contributed by atoms with Crippen LogP contribution in [0.15, 0.2) is 73.2 Å². The van der Waals surface area contributed by atoms with Crippen LogP contribution in [0.25, 0.3) is 27.7 Å². The molecule has 1 N–H and O–H groups in total. The largest absolute Gasteiger partial charge is 0.465 e. The van der Waals surface area contributed by atoms with Crippen LogP contribution in [0.5, 0.6) is 0 Å². The van der Waals surface area contributed by atoms with Crippen molar-refractivity contribution in [2.24, 2.45) is 0 Å². The molecule has 8 heteroatoms. The summed E-state index contributed by atoms with van der Waals surface area (Å²) in [6.07, 6.45) is 2.84. The van der Waals surface area contributed by atoms with Gasteiger partial charge in [-0.1, -0.05) is 30.3 Å². The standard InChI is InChI=1S/C27H22FN5O2/c1-16-8-4-7-11-24(16)33-26(31-22-10-6-5-9-19(22)27(34)35-3)25(17(2)32-33)18-12-21(28)20-14-29-15-30-23(20)13-18/h4-15,31H,1-3H3. The number of benzene rings is 3. The summed E-state index contributed by atoms with van der Waals surface area (Å²) >= 11 is 0. The number of hydrogen-bond donors (Lipinski definition) is 1. The highest BCUT2D eigenvalue weighted by Crippen LogP contribution is 2.38.